The predicted molar refractivity (Wildman–Crippen MR) is 64.6 cm³/mol. The van der Waals surface area contributed by atoms with Crippen LogP contribution >= 0.6 is 35.4 Å². The largest absolute Gasteiger partial charge is 0.330 e. The normalized spacial score (nSPS) is 9.93. The first-order chi connectivity index (χ1) is 6.91. The van der Waals surface area contributed by atoms with Crippen molar-refractivity contribution in [2.45, 2.75) is 0 Å². The Labute approximate surface area is 102 Å². The van der Waals surface area contributed by atoms with Gasteiger partial charge in [-0.05, 0) is 24.4 Å². The summed E-state index contributed by atoms with van der Waals surface area (Å²) in [5.74, 6) is 4.80. The highest BCUT2D eigenvalue weighted by Crippen LogP contribution is 2.28. The summed E-state index contributed by atoms with van der Waals surface area (Å²) in [5, 5.41) is 4.32. The van der Waals surface area contributed by atoms with Crippen LogP contribution in [-0.2, 0) is 0 Å². The molecule has 1 rings (SSSR count). The average molecular weight is 268 g/mol. The van der Waals surface area contributed by atoms with Crippen molar-refractivity contribution in [1.82, 2.24) is 5.01 Å². The molecule has 0 spiro atoms. The van der Waals surface area contributed by atoms with E-state index in [1.54, 1.807) is 7.05 Å². The lowest BCUT2D eigenvalue weighted by Crippen LogP contribution is -2.36. The number of halogens is 3. The first-order valence-electron chi connectivity index (χ1n) is 3.85. The zero-order chi connectivity index (χ0) is 11.6. The van der Waals surface area contributed by atoms with Gasteiger partial charge in [0.1, 0.15) is 5.82 Å². The molecule has 0 bridgehead atoms. The van der Waals surface area contributed by atoms with Crippen LogP contribution in [0.1, 0.15) is 0 Å². The van der Waals surface area contributed by atoms with E-state index in [2.05, 4.69) is 5.32 Å². The van der Waals surface area contributed by atoms with E-state index in [1.165, 1.54) is 11.1 Å². The number of hydrogen-bond acceptors (Lipinski definition) is 2. The Balaban J connectivity index is 2.96. The second kappa shape index (κ2) is 4.94. The van der Waals surface area contributed by atoms with Gasteiger partial charge in [-0.1, -0.05) is 23.2 Å². The highest BCUT2D eigenvalue weighted by atomic mass is 35.5. The fourth-order valence-corrected chi connectivity index (χ4v) is 1.29. The van der Waals surface area contributed by atoms with Crippen molar-refractivity contribution in [1.29, 1.82) is 0 Å². The zero-order valence-corrected chi connectivity index (χ0v) is 10.0. The monoisotopic (exact) mass is 267 g/mol. The molecule has 3 nitrogen and oxygen atoms in total. The highest BCUT2D eigenvalue weighted by molar-refractivity contribution is 7.80. The van der Waals surface area contributed by atoms with E-state index in [9.17, 15) is 4.39 Å². The van der Waals surface area contributed by atoms with Crippen molar-refractivity contribution in [3.05, 3.63) is 28.0 Å². The van der Waals surface area contributed by atoms with Crippen LogP contribution in [-0.4, -0.2) is 17.2 Å². The fraction of sp³-hybridized carbons (Fsp3) is 0.125. The highest BCUT2D eigenvalue weighted by Gasteiger charge is 2.09. The molecule has 0 aliphatic carbocycles. The standard InChI is InChI=1S/C8H8Cl2FN3S/c1-14(12)8(15)13-7-3-4(9)6(11)2-5(7)10/h2-3H,12H2,1H3,(H,13,15). The quantitative estimate of drug-likeness (QED) is 0.355. The second-order valence-electron chi connectivity index (χ2n) is 2.79. The summed E-state index contributed by atoms with van der Waals surface area (Å²) >= 11 is 16.2. The summed E-state index contributed by atoms with van der Waals surface area (Å²) < 4.78 is 12.9. The maximum atomic E-state index is 12.9. The van der Waals surface area contributed by atoms with Crippen LogP contribution in [0.3, 0.4) is 0 Å². The van der Waals surface area contributed by atoms with Crippen molar-refractivity contribution < 1.29 is 4.39 Å². The minimum atomic E-state index is -0.584. The van der Waals surface area contributed by atoms with Crippen molar-refractivity contribution >= 4 is 46.2 Å². The molecule has 0 unspecified atom stereocenters. The molecule has 0 aromatic heterocycles. The lowest BCUT2D eigenvalue weighted by atomic mass is 10.3. The van der Waals surface area contributed by atoms with E-state index in [4.69, 9.17) is 41.3 Å². The van der Waals surface area contributed by atoms with E-state index in [0.29, 0.717) is 5.69 Å². The molecule has 0 amide bonds. The molecule has 0 fully saturated rings. The zero-order valence-electron chi connectivity index (χ0n) is 7.72. The van der Waals surface area contributed by atoms with Gasteiger partial charge in [0.2, 0.25) is 0 Å². The fourth-order valence-electron chi connectivity index (χ4n) is 0.822. The SMILES string of the molecule is CN(N)C(=S)Nc1cc(Cl)c(F)cc1Cl. The molecular formula is C8H8Cl2FN3S. The van der Waals surface area contributed by atoms with E-state index in [-0.39, 0.29) is 15.2 Å². The van der Waals surface area contributed by atoms with Crippen LogP contribution in [0.15, 0.2) is 12.1 Å². The summed E-state index contributed by atoms with van der Waals surface area (Å²) in [4.78, 5) is 0. The van der Waals surface area contributed by atoms with Gasteiger partial charge < -0.3 is 5.32 Å². The lowest BCUT2D eigenvalue weighted by Gasteiger charge is -2.16. The van der Waals surface area contributed by atoms with Gasteiger partial charge in [0, 0.05) is 7.05 Å². The number of anilines is 1. The minimum absolute atomic E-state index is 0.0376. The van der Waals surface area contributed by atoms with Gasteiger partial charge >= 0.3 is 0 Å². The molecule has 7 heteroatoms. The third kappa shape index (κ3) is 3.17. The number of thiocarbonyl (C=S) groups is 1. The number of nitrogens with one attached hydrogen (secondary N) is 1. The first kappa shape index (κ1) is 12.4. The Morgan fingerprint density at radius 3 is 2.60 bits per heavy atom. The summed E-state index contributed by atoms with van der Waals surface area (Å²) in [7, 11) is 1.56. The van der Waals surface area contributed by atoms with Gasteiger partial charge in [0.05, 0.1) is 15.7 Å². The molecule has 1 aromatic rings. The van der Waals surface area contributed by atoms with Gasteiger partial charge in [-0.3, -0.25) is 5.01 Å². The molecule has 1 aromatic carbocycles. The van der Waals surface area contributed by atoms with Crippen LogP contribution in [0, 0.1) is 5.82 Å². The van der Waals surface area contributed by atoms with E-state index >= 15 is 0 Å². The maximum absolute atomic E-state index is 12.9. The number of nitrogens with two attached hydrogens (primary N) is 1. The lowest BCUT2D eigenvalue weighted by molar-refractivity contribution is 0.548. The third-order valence-electron chi connectivity index (χ3n) is 1.57. The Bertz CT molecular complexity index is 398. The number of hydrogen-bond donors (Lipinski definition) is 2. The first-order valence-corrected chi connectivity index (χ1v) is 5.02. The summed E-state index contributed by atoms with van der Waals surface area (Å²) in [6.07, 6.45) is 0. The number of benzene rings is 1. The third-order valence-corrected chi connectivity index (χ3v) is 2.56. The smallest absolute Gasteiger partial charge is 0.187 e. The summed E-state index contributed by atoms with van der Waals surface area (Å²) in [6, 6.07) is 2.44. The Morgan fingerprint density at radius 2 is 2.07 bits per heavy atom. The van der Waals surface area contributed by atoms with Crippen molar-refractivity contribution in [3.8, 4) is 0 Å². The molecule has 0 aliphatic heterocycles. The molecule has 0 radical (unpaired) electrons. The van der Waals surface area contributed by atoms with E-state index in [1.807, 2.05) is 0 Å². The van der Waals surface area contributed by atoms with Crippen LogP contribution in [0.25, 0.3) is 0 Å². The Hall–Kier alpha value is -0.620. The van der Waals surface area contributed by atoms with Gasteiger partial charge in [-0.2, -0.15) is 0 Å². The predicted octanol–water partition coefficient (Wildman–Crippen LogP) is 2.63. The van der Waals surface area contributed by atoms with Crippen LogP contribution in [0.2, 0.25) is 10.0 Å². The van der Waals surface area contributed by atoms with Crippen molar-refractivity contribution in [2.75, 3.05) is 12.4 Å². The molecule has 0 saturated carbocycles. The van der Waals surface area contributed by atoms with Gasteiger partial charge in [0.25, 0.3) is 0 Å². The Kier molecular flexibility index (Phi) is 4.10. The van der Waals surface area contributed by atoms with Gasteiger partial charge in [-0.15, -0.1) is 0 Å². The van der Waals surface area contributed by atoms with Gasteiger partial charge in [0.15, 0.2) is 5.11 Å². The maximum Gasteiger partial charge on any atom is 0.187 e. The summed E-state index contributed by atoms with van der Waals surface area (Å²) in [6.45, 7) is 0. The summed E-state index contributed by atoms with van der Waals surface area (Å²) in [5.41, 5.74) is 0.408. The molecule has 0 heterocycles. The van der Waals surface area contributed by atoms with Crippen molar-refractivity contribution in [3.63, 3.8) is 0 Å². The molecule has 0 aliphatic rings. The molecule has 3 N–H and O–H groups in total. The van der Waals surface area contributed by atoms with Crippen LogP contribution < -0.4 is 11.2 Å². The molecule has 0 saturated heterocycles. The van der Waals surface area contributed by atoms with Crippen molar-refractivity contribution in [2.24, 2.45) is 5.84 Å². The van der Waals surface area contributed by atoms with Gasteiger partial charge in [-0.25, -0.2) is 10.2 Å². The van der Waals surface area contributed by atoms with Crippen LogP contribution in [0.4, 0.5) is 10.1 Å². The number of rotatable bonds is 1. The van der Waals surface area contributed by atoms with E-state index in [0.717, 1.165) is 6.07 Å². The Morgan fingerprint density at radius 1 is 1.47 bits per heavy atom. The van der Waals surface area contributed by atoms with Crippen LogP contribution in [0.5, 0.6) is 0 Å². The van der Waals surface area contributed by atoms with E-state index < -0.39 is 5.82 Å². The number of hydrazine groups is 1. The molecule has 82 valence electrons. The number of nitrogens with zero attached hydrogens (tertiary/aromatic N) is 1. The molecular weight excluding hydrogens is 260 g/mol. The topological polar surface area (TPSA) is 41.3 Å². The minimum Gasteiger partial charge on any atom is -0.330 e. The average Bonchev–Trinajstić information content (AvgIpc) is 2.13. The molecule has 0 atom stereocenters. The molecule has 15 heavy (non-hydrogen) atoms. The second-order valence-corrected chi connectivity index (χ2v) is 3.99.